The van der Waals surface area contributed by atoms with Crippen LogP contribution in [0.2, 0.25) is 5.02 Å². The number of carbonyl (C=O) groups excluding carboxylic acids is 2. The summed E-state index contributed by atoms with van der Waals surface area (Å²) in [5.41, 5.74) is 1.10. The molecule has 2 amide bonds. The van der Waals surface area contributed by atoms with Crippen LogP contribution in [0.4, 0.5) is 11.4 Å². The van der Waals surface area contributed by atoms with E-state index in [2.05, 4.69) is 18.2 Å². The van der Waals surface area contributed by atoms with Gasteiger partial charge in [-0.25, -0.2) is 0 Å². The number of nitrogens with one attached hydrogen (secondary N) is 1. The van der Waals surface area contributed by atoms with E-state index in [0.29, 0.717) is 46.0 Å². The largest absolute Gasteiger partial charge is 0.492 e. The zero-order valence-electron chi connectivity index (χ0n) is 21.2. The average molecular weight is 517 g/mol. The van der Waals surface area contributed by atoms with Crippen LogP contribution in [0, 0.1) is 40.9 Å². The Morgan fingerprint density at radius 1 is 1.19 bits per heavy atom. The van der Waals surface area contributed by atoms with E-state index < -0.39 is 17.4 Å². The van der Waals surface area contributed by atoms with Crippen LogP contribution in [-0.2, 0) is 9.59 Å². The van der Waals surface area contributed by atoms with E-state index in [9.17, 15) is 9.59 Å². The molecule has 4 fully saturated rings. The van der Waals surface area contributed by atoms with Crippen molar-refractivity contribution in [1.82, 2.24) is 0 Å². The Balaban J connectivity index is 1.38. The van der Waals surface area contributed by atoms with Gasteiger partial charge in [-0.2, -0.15) is 0 Å². The van der Waals surface area contributed by atoms with Gasteiger partial charge in [0.1, 0.15) is 11.8 Å². The van der Waals surface area contributed by atoms with Crippen molar-refractivity contribution in [3.8, 4) is 18.1 Å². The molecule has 4 saturated carbocycles. The van der Waals surface area contributed by atoms with Gasteiger partial charge in [0.05, 0.1) is 11.6 Å². The molecule has 4 aliphatic carbocycles. The molecule has 0 radical (unpaired) electrons. The lowest BCUT2D eigenvalue weighted by Gasteiger charge is -2.48. The number of carbonyl (C=O) groups is 2. The lowest BCUT2D eigenvalue weighted by atomic mass is 9.63. The van der Waals surface area contributed by atoms with E-state index in [0.717, 1.165) is 18.8 Å². The van der Waals surface area contributed by atoms with Gasteiger partial charge in [-0.3, -0.25) is 14.5 Å². The third-order valence-corrected chi connectivity index (χ3v) is 9.39. The summed E-state index contributed by atoms with van der Waals surface area (Å²) in [6, 6.07) is 13.9. The maximum atomic E-state index is 14.1. The molecule has 0 saturated heterocycles. The first-order valence-corrected chi connectivity index (χ1v) is 13.8. The van der Waals surface area contributed by atoms with E-state index in [-0.39, 0.29) is 5.91 Å². The molecular weight excluding hydrogens is 484 g/mol. The highest BCUT2D eigenvalue weighted by atomic mass is 35.5. The summed E-state index contributed by atoms with van der Waals surface area (Å²) >= 11 is 6.63. The van der Waals surface area contributed by atoms with Crippen molar-refractivity contribution >= 4 is 34.8 Å². The summed E-state index contributed by atoms with van der Waals surface area (Å²) in [5.74, 6) is 4.03. The third kappa shape index (κ3) is 4.61. The Kier molecular flexibility index (Phi) is 5.99. The molecule has 6 heteroatoms. The number of para-hydroxylation sites is 1. The van der Waals surface area contributed by atoms with E-state index in [1.165, 1.54) is 37.0 Å². The maximum absolute atomic E-state index is 14.1. The summed E-state index contributed by atoms with van der Waals surface area (Å²) < 4.78 is 5.91. The molecule has 1 N–H and O–H groups in total. The van der Waals surface area contributed by atoms with Crippen molar-refractivity contribution in [2.24, 2.45) is 28.6 Å². The summed E-state index contributed by atoms with van der Waals surface area (Å²) in [6.07, 6.45) is 13.6. The third-order valence-electron chi connectivity index (χ3n) is 9.10. The van der Waals surface area contributed by atoms with Gasteiger partial charge in [0.15, 0.2) is 0 Å². The fraction of sp³-hybridized carbons (Fsp3) is 0.484. The summed E-state index contributed by atoms with van der Waals surface area (Å²) in [4.78, 5) is 29.0. The van der Waals surface area contributed by atoms with Crippen LogP contribution in [-0.4, -0.2) is 24.5 Å². The van der Waals surface area contributed by atoms with Gasteiger partial charge in [-0.1, -0.05) is 36.7 Å². The molecule has 5 unspecified atom stereocenters. The fourth-order valence-electron chi connectivity index (χ4n) is 7.44. The number of nitrogens with zero attached hydrogens (tertiary/aromatic N) is 1. The van der Waals surface area contributed by atoms with Crippen molar-refractivity contribution in [3.05, 3.63) is 53.6 Å². The standard InChI is InChI=1S/C31H33ClN2O3/c1-3-27(35)34(24-11-12-26(25(32)14-24)37-18-20-9-10-20)28(29(36)33-23-7-5-4-6-8-23)30(2)15-21-13-22-17-31(22,16-21)19-30/h1,4-8,11-12,14,20-22,28H,9-10,13,15-19H2,2H3,(H,33,36). The first-order valence-electron chi connectivity index (χ1n) is 13.4. The van der Waals surface area contributed by atoms with Crippen LogP contribution in [0.5, 0.6) is 5.75 Å². The number of terminal acetylenes is 1. The first-order chi connectivity index (χ1) is 17.8. The molecule has 0 heterocycles. The minimum Gasteiger partial charge on any atom is -0.492 e. The van der Waals surface area contributed by atoms with Crippen LogP contribution in [0.15, 0.2) is 48.5 Å². The fourth-order valence-corrected chi connectivity index (χ4v) is 7.67. The molecule has 1 spiro atoms. The molecule has 5 nitrogen and oxygen atoms in total. The topological polar surface area (TPSA) is 58.6 Å². The number of hydrogen-bond donors (Lipinski definition) is 1. The van der Waals surface area contributed by atoms with Gasteiger partial charge in [-0.05, 0) is 110 Å². The maximum Gasteiger partial charge on any atom is 0.303 e. The van der Waals surface area contributed by atoms with Crippen molar-refractivity contribution in [3.63, 3.8) is 0 Å². The van der Waals surface area contributed by atoms with Crippen LogP contribution in [0.25, 0.3) is 0 Å². The number of benzene rings is 2. The number of ether oxygens (including phenoxy) is 1. The highest BCUT2D eigenvalue weighted by molar-refractivity contribution is 6.32. The summed E-state index contributed by atoms with van der Waals surface area (Å²) in [7, 11) is 0. The minimum absolute atomic E-state index is 0.225. The lowest BCUT2D eigenvalue weighted by molar-refractivity contribution is -0.125. The van der Waals surface area contributed by atoms with Crippen LogP contribution < -0.4 is 15.0 Å². The van der Waals surface area contributed by atoms with Gasteiger partial charge >= 0.3 is 5.91 Å². The zero-order chi connectivity index (χ0) is 25.8. The predicted molar refractivity (Wildman–Crippen MR) is 145 cm³/mol. The first kappa shape index (κ1) is 24.4. The lowest BCUT2D eigenvalue weighted by Crippen LogP contribution is -2.57. The van der Waals surface area contributed by atoms with E-state index in [1.54, 1.807) is 18.2 Å². The van der Waals surface area contributed by atoms with Crippen molar-refractivity contribution in [1.29, 1.82) is 0 Å². The Hall–Kier alpha value is -2.97. The second-order valence-electron chi connectivity index (χ2n) is 12.1. The number of rotatable bonds is 8. The van der Waals surface area contributed by atoms with Crippen molar-refractivity contribution < 1.29 is 14.3 Å². The number of amides is 2. The second kappa shape index (κ2) is 9.10. The van der Waals surface area contributed by atoms with Gasteiger partial charge in [0, 0.05) is 11.4 Å². The molecule has 5 atom stereocenters. The molecule has 2 aromatic carbocycles. The number of hydrogen-bond acceptors (Lipinski definition) is 3. The minimum atomic E-state index is -0.774. The highest BCUT2D eigenvalue weighted by Gasteiger charge is 2.67. The number of halogens is 1. The molecule has 2 bridgehead atoms. The van der Waals surface area contributed by atoms with Crippen LogP contribution >= 0.6 is 11.6 Å². The van der Waals surface area contributed by atoms with Crippen LogP contribution in [0.1, 0.15) is 51.9 Å². The second-order valence-corrected chi connectivity index (χ2v) is 12.5. The normalized spacial score (nSPS) is 30.0. The quantitative estimate of drug-likeness (QED) is 0.418. The Labute approximate surface area is 223 Å². The van der Waals surface area contributed by atoms with Crippen molar-refractivity contribution in [2.45, 2.75) is 57.9 Å². The summed E-state index contributed by atoms with van der Waals surface area (Å²) in [6.45, 7) is 2.80. The highest BCUT2D eigenvalue weighted by Crippen LogP contribution is 2.74. The Morgan fingerprint density at radius 2 is 1.97 bits per heavy atom. The molecule has 4 aliphatic rings. The Morgan fingerprint density at radius 3 is 2.65 bits per heavy atom. The smallest absolute Gasteiger partial charge is 0.303 e. The number of fused-ring (bicyclic) bond motifs is 1. The molecule has 192 valence electrons. The van der Waals surface area contributed by atoms with E-state index >= 15 is 0 Å². The van der Waals surface area contributed by atoms with Gasteiger partial charge in [0.2, 0.25) is 5.91 Å². The zero-order valence-corrected chi connectivity index (χ0v) is 22.0. The molecule has 37 heavy (non-hydrogen) atoms. The number of anilines is 2. The van der Waals surface area contributed by atoms with Crippen molar-refractivity contribution in [2.75, 3.05) is 16.8 Å². The van der Waals surface area contributed by atoms with E-state index in [1.807, 2.05) is 30.3 Å². The Bertz CT molecular complexity index is 1270. The van der Waals surface area contributed by atoms with Gasteiger partial charge in [-0.15, -0.1) is 6.42 Å². The molecular formula is C31H33ClN2O3. The summed E-state index contributed by atoms with van der Waals surface area (Å²) in [5, 5.41) is 3.48. The SMILES string of the molecule is C#CC(=O)N(c1ccc(OCC2CC2)c(Cl)c1)C(C(=O)Nc1ccccc1)C1(C)CC2CC3CC3(C2)C1. The van der Waals surface area contributed by atoms with Gasteiger partial charge < -0.3 is 10.1 Å². The van der Waals surface area contributed by atoms with Gasteiger partial charge in [0.25, 0.3) is 0 Å². The molecule has 0 aromatic heterocycles. The van der Waals surface area contributed by atoms with E-state index in [4.69, 9.17) is 22.8 Å². The van der Waals surface area contributed by atoms with Crippen LogP contribution in [0.3, 0.4) is 0 Å². The average Bonchev–Trinajstić information content (AvgIpc) is 3.78. The molecule has 2 aromatic rings. The molecule has 0 aliphatic heterocycles. The molecule has 6 rings (SSSR count). The monoisotopic (exact) mass is 516 g/mol. The predicted octanol–water partition coefficient (Wildman–Crippen LogP) is 6.32.